The van der Waals surface area contributed by atoms with Crippen molar-refractivity contribution in [3.8, 4) is 0 Å². The fraction of sp³-hybridized carbons (Fsp3) is 0.429. The van der Waals surface area contributed by atoms with Gasteiger partial charge in [-0.05, 0) is 18.9 Å². The van der Waals surface area contributed by atoms with E-state index in [1.54, 1.807) is 24.3 Å². The van der Waals surface area contributed by atoms with Gasteiger partial charge in [-0.1, -0.05) is 36.0 Å². The van der Waals surface area contributed by atoms with E-state index >= 15 is 0 Å². The van der Waals surface area contributed by atoms with E-state index in [4.69, 9.17) is 0 Å². The number of Topliss-reactive ketones (excluding diaryl/α,β-unsaturated/α-hetero) is 1. The van der Waals surface area contributed by atoms with Crippen LogP contribution in [0.15, 0.2) is 24.3 Å². The van der Waals surface area contributed by atoms with Gasteiger partial charge in [0.15, 0.2) is 10.9 Å². The van der Waals surface area contributed by atoms with Crippen LogP contribution in [0.4, 0.5) is 0 Å². The van der Waals surface area contributed by atoms with Crippen molar-refractivity contribution in [2.75, 3.05) is 5.75 Å². The minimum absolute atomic E-state index is 0.00694. The summed E-state index contributed by atoms with van der Waals surface area (Å²) in [6, 6.07) is 6.50. The van der Waals surface area contributed by atoms with Gasteiger partial charge in [-0.3, -0.25) is 9.59 Å². The summed E-state index contributed by atoms with van der Waals surface area (Å²) in [6.45, 7) is 2.94. The molecular formula is C14H18O4S. The first-order valence-electron chi connectivity index (χ1n) is 6.02. The molecule has 0 aliphatic heterocycles. The van der Waals surface area contributed by atoms with Crippen molar-refractivity contribution in [1.82, 2.24) is 0 Å². The highest BCUT2D eigenvalue weighted by atomic mass is 32.2. The zero-order valence-electron chi connectivity index (χ0n) is 11.0. The molecule has 19 heavy (non-hydrogen) atoms. The molecule has 0 amide bonds. The molecule has 0 radical (unpaired) electrons. The molecule has 0 bridgehead atoms. The average molecular weight is 282 g/mol. The quantitative estimate of drug-likeness (QED) is 0.780. The highest BCUT2D eigenvalue weighted by molar-refractivity contribution is 8.13. The number of carbonyl (C=O) groups excluding carboxylic acids is 2. The Morgan fingerprint density at radius 3 is 2.21 bits per heavy atom. The molecule has 1 aromatic rings. The highest BCUT2D eigenvalue weighted by Gasteiger charge is 2.18. The molecule has 0 heterocycles. The summed E-state index contributed by atoms with van der Waals surface area (Å²) in [6.07, 6.45) is -1.59. The van der Waals surface area contributed by atoms with Gasteiger partial charge in [-0.2, -0.15) is 0 Å². The van der Waals surface area contributed by atoms with Gasteiger partial charge in [-0.25, -0.2) is 0 Å². The third-order valence-electron chi connectivity index (χ3n) is 2.74. The number of benzene rings is 1. The van der Waals surface area contributed by atoms with E-state index in [9.17, 15) is 19.8 Å². The number of thioether (sulfide) groups is 1. The summed E-state index contributed by atoms with van der Waals surface area (Å²) in [7, 11) is 0. The summed E-state index contributed by atoms with van der Waals surface area (Å²) in [5, 5.41) is 19.8. The highest BCUT2D eigenvalue weighted by Crippen LogP contribution is 2.21. The van der Waals surface area contributed by atoms with E-state index in [0.717, 1.165) is 11.8 Å². The van der Waals surface area contributed by atoms with Gasteiger partial charge >= 0.3 is 0 Å². The Morgan fingerprint density at radius 1 is 1.16 bits per heavy atom. The molecule has 4 nitrogen and oxygen atoms in total. The lowest BCUT2D eigenvalue weighted by Crippen LogP contribution is -2.19. The van der Waals surface area contributed by atoms with E-state index in [1.165, 1.54) is 13.8 Å². The second-order valence-corrected chi connectivity index (χ2v) is 5.59. The van der Waals surface area contributed by atoms with Gasteiger partial charge in [0.25, 0.3) is 0 Å². The maximum Gasteiger partial charge on any atom is 0.185 e. The largest absolute Gasteiger partial charge is 0.390 e. The third-order valence-corrected chi connectivity index (χ3v) is 3.59. The predicted molar refractivity (Wildman–Crippen MR) is 75.2 cm³/mol. The normalized spacial score (nSPS) is 13.9. The Morgan fingerprint density at radius 2 is 1.74 bits per heavy atom. The summed E-state index contributed by atoms with van der Waals surface area (Å²) in [4.78, 5) is 21.9. The number of rotatable bonds is 6. The molecular weight excluding hydrogens is 264 g/mol. The van der Waals surface area contributed by atoms with E-state index < -0.39 is 12.2 Å². The van der Waals surface area contributed by atoms with Crippen LogP contribution in [0.5, 0.6) is 0 Å². The lowest BCUT2D eigenvalue weighted by atomic mass is 10.0. The molecule has 0 aliphatic rings. The Kier molecular flexibility index (Phi) is 6.21. The standard InChI is InChI=1S/C14H18O4S/c1-9(15)11-3-5-12(6-4-11)14(18)13(17)7-8-19-10(2)16/h3-6,13-14,17-18H,7-8H2,1-2H3. The maximum absolute atomic E-state index is 11.1. The van der Waals surface area contributed by atoms with E-state index in [0.29, 0.717) is 23.3 Å². The van der Waals surface area contributed by atoms with E-state index in [2.05, 4.69) is 0 Å². The van der Waals surface area contributed by atoms with Crippen LogP contribution >= 0.6 is 11.8 Å². The first-order valence-corrected chi connectivity index (χ1v) is 7.00. The summed E-state index contributed by atoms with van der Waals surface area (Å²) in [5.41, 5.74) is 1.13. The second kappa shape index (κ2) is 7.43. The number of hydrogen-bond donors (Lipinski definition) is 2. The van der Waals surface area contributed by atoms with Crippen LogP contribution in [-0.4, -0.2) is 33.0 Å². The van der Waals surface area contributed by atoms with Gasteiger partial charge in [-0.15, -0.1) is 0 Å². The average Bonchev–Trinajstić information content (AvgIpc) is 2.37. The van der Waals surface area contributed by atoms with E-state index in [-0.39, 0.29) is 10.9 Å². The van der Waals surface area contributed by atoms with Crippen LogP contribution in [0.25, 0.3) is 0 Å². The van der Waals surface area contributed by atoms with Gasteiger partial charge in [0.1, 0.15) is 6.10 Å². The van der Waals surface area contributed by atoms with Crippen molar-refractivity contribution < 1.29 is 19.8 Å². The zero-order valence-corrected chi connectivity index (χ0v) is 11.8. The van der Waals surface area contributed by atoms with Crippen LogP contribution in [0.3, 0.4) is 0 Å². The molecule has 2 atom stereocenters. The van der Waals surface area contributed by atoms with Crippen molar-refractivity contribution in [2.45, 2.75) is 32.5 Å². The van der Waals surface area contributed by atoms with Crippen molar-refractivity contribution in [3.05, 3.63) is 35.4 Å². The Balaban J connectivity index is 2.58. The molecule has 0 saturated carbocycles. The lowest BCUT2D eigenvalue weighted by Gasteiger charge is -2.18. The van der Waals surface area contributed by atoms with Crippen molar-refractivity contribution in [2.24, 2.45) is 0 Å². The van der Waals surface area contributed by atoms with Crippen LogP contribution in [0.2, 0.25) is 0 Å². The fourth-order valence-corrected chi connectivity index (χ4v) is 2.27. The Hall–Kier alpha value is -1.17. The van der Waals surface area contributed by atoms with Gasteiger partial charge in [0, 0.05) is 18.2 Å². The number of aliphatic hydroxyl groups excluding tert-OH is 2. The monoisotopic (exact) mass is 282 g/mol. The topological polar surface area (TPSA) is 74.6 Å². The minimum Gasteiger partial charge on any atom is -0.390 e. The third kappa shape index (κ3) is 5.14. The maximum atomic E-state index is 11.1. The van der Waals surface area contributed by atoms with Gasteiger partial charge < -0.3 is 10.2 Å². The first-order chi connectivity index (χ1) is 8.91. The fourth-order valence-electron chi connectivity index (χ4n) is 1.62. The molecule has 0 aromatic heterocycles. The van der Waals surface area contributed by atoms with Crippen LogP contribution in [0, 0.1) is 0 Å². The van der Waals surface area contributed by atoms with Crippen LogP contribution in [-0.2, 0) is 4.79 Å². The molecule has 1 rings (SSSR count). The molecule has 0 spiro atoms. The van der Waals surface area contributed by atoms with Gasteiger partial charge in [0.05, 0.1) is 6.10 Å². The second-order valence-electron chi connectivity index (χ2n) is 4.32. The number of ketones is 1. The van der Waals surface area contributed by atoms with E-state index in [1.807, 2.05) is 0 Å². The smallest absolute Gasteiger partial charge is 0.185 e. The number of hydrogen-bond acceptors (Lipinski definition) is 5. The minimum atomic E-state index is -1.01. The van der Waals surface area contributed by atoms with Crippen molar-refractivity contribution in [3.63, 3.8) is 0 Å². The van der Waals surface area contributed by atoms with Crippen LogP contribution < -0.4 is 0 Å². The number of carbonyl (C=O) groups is 2. The molecule has 2 N–H and O–H groups in total. The Bertz CT molecular complexity index is 441. The lowest BCUT2D eigenvalue weighted by molar-refractivity contribution is -0.109. The van der Waals surface area contributed by atoms with Crippen molar-refractivity contribution in [1.29, 1.82) is 0 Å². The molecule has 0 aliphatic carbocycles. The number of aliphatic hydroxyl groups is 2. The zero-order chi connectivity index (χ0) is 14.4. The molecule has 104 valence electrons. The SMILES string of the molecule is CC(=O)SCCC(O)C(O)c1ccc(C(C)=O)cc1. The van der Waals surface area contributed by atoms with Crippen LogP contribution in [0.1, 0.15) is 42.3 Å². The summed E-state index contributed by atoms with van der Waals surface area (Å²) in [5.74, 6) is 0.429. The molecule has 0 fully saturated rings. The first kappa shape index (κ1) is 15.9. The molecule has 2 unspecified atom stereocenters. The predicted octanol–water partition coefficient (Wildman–Crippen LogP) is 1.95. The molecule has 1 aromatic carbocycles. The molecule has 5 heteroatoms. The molecule has 0 saturated heterocycles. The Labute approximate surface area is 116 Å². The summed E-state index contributed by atoms with van der Waals surface area (Å²) < 4.78 is 0. The summed E-state index contributed by atoms with van der Waals surface area (Å²) >= 11 is 1.12. The van der Waals surface area contributed by atoms with Gasteiger partial charge in [0.2, 0.25) is 0 Å². The van der Waals surface area contributed by atoms with Crippen molar-refractivity contribution >= 4 is 22.7 Å².